The van der Waals surface area contributed by atoms with Crippen molar-refractivity contribution in [3.63, 3.8) is 0 Å². The highest BCUT2D eigenvalue weighted by Crippen LogP contribution is 2.24. The van der Waals surface area contributed by atoms with Crippen molar-refractivity contribution >= 4 is 34.5 Å². The van der Waals surface area contributed by atoms with Crippen LogP contribution in [0.4, 0.5) is 0 Å². The number of aromatic nitrogens is 2. The smallest absolute Gasteiger partial charge is 0.231 e. The highest BCUT2D eigenvalue weighted by atomic mass is 32.2. The number of benzene rings is 2. The van der Waals surface area contributed by atoms with Crippen LogP contribution < -0.4 is 5.32 Å². The Kier molecular flexibility index (Phi) is 6.66. The maximum atomic E-state index is 12.5. The van der Waals surface area contributed by atoms with Gasteiger partial charge in [-0.05, 0) is 31.0 Å². The van der Waals surface area contributed by atoms with E-state index in [4.69, 9.17) is 0 Å². The molecule has 2 aromatic carbocycles. The van der Waals surface area contributed by atoms with Gasteiger partial charge in [0.2, 0.25) is 5.91 Å². The van der Waals surface area contributed by atoms with Crippen molar-refractivity contribution in [1.82, 2.24) is 14.9 Å². The summed E-state index contributed by atoms with van der Waals surface area (Å²) in [6.45, 7) is 5.93. The first kappa shape index (κ1) is 19.9. The first-order valence-corrected chi connectivity index (χ1v) is 10.1. The Morgan fingerprint density at radius 3 is 2.61 bits per heavy atom. The summed E-state index contributed by atoms with van der Waals surface area (Å²) in [5.74, 6) is -0.0431. The second-order valence-corrected chi connectivity index (χ2v) is 7.43. The molecular weight excluding hydrogens is 370 g/mol. The average Bonchev–Trinajstić information content (AvgIpc) is 3.05. The van der Waals surface area contributed by atoms with E-state index in [0.717, 1.165) is 21.8 Å². The summed E-state index contributed by atoms with van der Waals surface area (Å²) >= 11 is 1.36. The molecule has 0 radical (unpaired) electrons. The number of fused-ring (bicyclic) bond motifs is 1. The standard InChI is InChI=1S/C22H23N3O2S/c1-3-13-25-20-12-8-7-11-18(20)24-22(25)28-15-21(27)23-19(16(2)26)14-17-9-5-4-6-10-17/h3-12,19H,1,13-15H2,2H3,(H,23,27)/t19-/m1/s1. The van der Waals surface area contributed by atoms with Crippen LogP contribution in [-0.2, 0) is 22.6 Å². The fourth-order valence-electron chi connectivity index (χ4n) is 2.98. The van der Waals surface area contributed by atoms with Gasteiger partial charge in [-0.3, -0.25) is 9.59 Å². The Bertz CT molecular complexity index is 982. The van der Waals surface area contributed by atoms with Crippen LogP contribution >= 0.6 is 11.8 Å². The molecule has 0 unspecified atom stereocenters. The average molecular weight is 394 g/mol. The highest BCUT2D eigenvalue weighted by Gasteiger charge is 2.19. The van der Waals surface area contributed by atoms with Crippen molar-refractivity contribution in [1.29, 1.82) is 0 Å². The number of para-hydroxylation sites is 2. The third-order valence-electron chi connectivity index (χ3n) is 4.37. The number of rotatable bonds is 9. The number of carbonyl (C=O) groups is 2. The fourth-order valence-corrected chi connectivity index (χ4v) is 3.82. The van der Waals surface area contributed by atoms with Gasteiger partial charge >= 0.3 is 0 Å². The first-order valence-electron chi connectivity index (χ1n) is 9.11. The zero-order chi connectivity index (χ0) is 19.9. The largest absolute Gasteiger partial charge is 0.345 e. The van der Waals surface area contributed by atoms with Gasteiger partial charge in [0.05, 0.1) is 22.8 Å². The van der Waals surface area contributed by atoms with Gasteiger partial charge < -0.3 is 9.88 Å². The van der Waals surface area contributed by atoms with Crippen LogP contribution in [0.3, 0.4) is 0 Å². The van der Waals surface area contributed by atoms with Gasteiger partial charge in [0.15, 0.2) is 10.9 Å². The molecule has 1 atom stereocenters. The monoisotopic (exact) mass is 393 g/mol. The van der Waals surface area contributed by atoms with E-state index >= 15 is 0 Å². The third kappa shape index (κ3) is 4.89. The summed E-state index contributed by atoms with van der Waals surface area (Å²) in [6.07, 6.45) is 2.30. The molecule has 0 saturated carbocycles. The molecule has 0 spiro atoms. The van der Waals surface area contributed by atoms with Crippen LogP contribution in [0.2, 0.25) is 0 Å². The lowest BCUT2D eigenvalue weighted by Gasteiger charge is -2.16. The molecule has 1 heterocycles. The van der Waals surface area contributed by atoms with E-state index in [9.17, 15) is 9.59 Å². The molecule has 0 aliphatic heterocycles. The Balaban J connectivity index is 1.66. The van der Waals surface area contributed by atoms with E-state index in [-0.39, 0.29) is 17.4 Å². The summed E-state index contributed by atoms with van der Waals surface area (Å²) in [5, 5.41) is 3.62. The van der Waals surface area contributed by atoms with E-state index in [0.29, 0.717) is 13.0 Å². The molecule has 3 rings (SSSR count). The Labute approximate surface area is 168 Å². The van der Waals surface area contributed by atoms with Gasteiger partial charge in [-0.25, -0.2) is 4.98 Å². The second kappa shape index (κ2) is 9.37. The number of nitrogens with zero attached hydrogens (tertiary/aromatic N) is 2. The van der Waals surface area contributed by atoms with Crippen LogP contribution in [0.25, 0.3) is 11.0 Å². The van der Waals surface area contributed by atoms with Crippen molar-refractivity contribution in [2.24, 2.45) is 0 Å². The molecule has 1 N–H and O–H groups in total. The van der Waals surface area contributed by atoms with Gasteiger partial charge in [0, 0.05) is 6.54 Å². The predicted molar refractivity (Wildman–Crippen MR) is 113 cm³/mol. The lowest BCUT2D eigenvalue weighted by molar-refractivity contribution is -0.125. The quantitative estimate of drug-likeness (QED) is 0.445. The van der Waals surface area contributed by atoms with Gasteiger partial charge in [-0.1, -0.05) is 60.3 Å². The molecular formula is C22H23N3O2S. The number of carbonyl (C=O) groups excluding carboxylic acids is 2. The van der Waals surface area contributed by atoms with Gasteiger partial charge in [-0.15, -0.1) is 6.58 Å². The molecule has 6 heteroatoms. The Morgan fingerprint density at radius 1 is 1.18 bits per heavy atom. The molecule has 1 amide bonds. The Hall–Kier alpha value is -2.86. The SMILES string of the molecule is C=CCn1c(SCC(=O)N[C@H](Cc2ccccc2)C(C)=O)nc2ccccc21. The number of thioether (sulfide) groups is 1. The zero-order valence-corrected chi connectivity index (χ0v) is 16.6. The zero-order valence-electron chi connectivity index (χ0n) is 15.8. The van der Waals surface area contributed by atoms with E-state index in [1.807, 2.05) is 65.2 Å². The maximum absolute atomic E-state index is 12.5. The van der Waals surface area contributed by atoms with Gasteiger partial charge in [-0.2, -0.15) is 0 Å². The van der Waals surface area contributed by atoms with Gasteiger partial charge in [0.25, 0.3) is 0 Å². The van der Waals surface area contributed by atoms with E-state index in [1.54, 1.807) is 0 Å². The van der Waals surface area contributed by atoms with Crippen LogP contribution in [0.5, 0.6) is 0 Å². The van der Waals surface area contributed by atoms with Crippen molar-refractivity contribution in [2.75, 3.05) is 5.75 Å². The summed E-state index contributed by atoms with van der Waals surface area (Å²) in [5.41, 5.74) is 2.91. The normalized spacial score (nSPS) is 11.9. The first-order chi connectivity index (χ1) is 13.6. The lowest BCUT2D eigenvalue weighted by atomic mass is 10.0. The number of ketones is 1. The summed E-state index contributed by atoms with van der Waals surface area (Å²) in [4.78, 5) is 29.0. The van der Waals surface area contributed by atoms with Crippen LogP contribution in [-0.4, -0.2) is 33.0 Å². The number of imidazole rings is 1. The Morgan fingerprint density at radius 2 is 1.89 bits per heavy atom. The highest BCUT2D eigenvalue weighted by molar-refractivity contribution is 7.99. The van der Waals surface area contributed by atoms with Crippen molar-refractivity contribution < 1.29 is 9.59 Å². The molecule has 28 heavy (non-hydrogen) atoms. The second-order valence-electron chi connectivity index (χ2n) is 6.49. The minimum absolute atomic E-state index is 0.0545. The molecule has 0 fully saturated rings. The van der Waals surface area contributed by atoms with E-state index in [2.05, 4.69) is 16.9 Å². The molecule has 144 valence electrons. The lowest BCUT2D eigenvalue weighted by Crippen LogP contribution is -2.42. The van der Waals surface area contributed by atoms with Crippen molar-refractivity contribution in [3.8, 4) is 0 Å². The van der Waals surface area contributed by atoms with E-state index < -0.39 is 6.04 Å². The molecule has 0 aliphatic carbocycles. The minimum Gasteiger partial charge on any atom is -0.345 e. The summed E-state index contributed by atoms with van der Waals surface area (Å²) in [6, 6.07) is 17.0. The minimum atomic E-state index is -0.525. The number of hydrogen-bond donors (Lipinski definition) is 1. The van der Waals surface area contributed by atoms with Crippen LogP contribution in [0, 0.1) is 0 Å². The fraction of sp³-hybridized carbons (Fsp3) is 0.227. The number of allylic oxidation sites excluding steroid dienone is 1. The topological polar surface area (TPSA) is 64.0 Å². The van der Waals surface area contributed by atoms with Crippen molar-refractivity contribution in [3.05, 3.63) is 72.8 Å². The molecule has 5 nitrogen and oxygen atoms in total. The molecule has 0 saturated heterocycles. The maximum Gasteiger partial charge on any atom is 0.231 e. The number of nitrogens with one attached hydrogen (secondary N) is 1. The van der Waals surface area contributed by atoms with Gasteiger partial charge in [0.1, 0.15) is 0 Å². The summed E-state index contributed by atoms with van der Waals surface area (Å²) in [7, 11) is 0. The predicted octanol–water partition coefficient (Wildman–Crippen LogP) is 3.63. The number of hydrogen-bond acceptors (Lipinski definition) is 4. The molecule has 3 aromatic rings. The number of Topliss-reactive ketones (excluding diaryl/α,β-unsaturated/α-hetero) is 1. The van der Waals surface area contributed by atoms with Crippen molar-refractivity contribution in [2.45, 2.75) is 31.1 Å². The van der Waals surface area contributed by atoms with Crippen LogP contribution in [0.15, 0.2) is 72.4 Å². The number of amides is 1. The third-order valence-corrected chi connectivity index (χ3v) is 5.35. The van der Waals surface area contributed by atoms with E-state index in [1.165, 1.54) is 18.7 Å². The molecule has 0 aliphatic rings. The molecule has 1 aromatic heterocycles. The molecule has 0 bridgehead atoms. The summed E-state index contributed by atoms with van der Waals surface area (Å²) < 4.78 is 2.03. The van der Waals surface area contributed by atoms with Crippen LogP contribution in [0.1, 0.15) is 12.5 Å².